The minimum Gasteiger partial charge on any atom is -0.480 e. The molecule has 0 spiro atoms. The molecule has 0 saturated carbocycles. The number of aliphatic hydroxyl groups is 1. The summed E-state index contributed by atoms with van der Waals surface area (Å²) in [4.78, 5) is 47.4. The number of carbonyl (C=O) groups is 4. The Labute approximate surface area is 133 Å². The van der Waals surface area contributed by atoms with Gasteiger partial charge in [-0.25, -0.2) is 4.79 Å². The number of aliphatic carboxylic acids is 1. The highest BCUT2D eigenvalue weighted by Crippen LogP contribution is 2.18. The van der Waals surface area contributed by atoms with Crippen molar-refractivity contribution < 1.29 is 29.4 Å². The minimum atomic E-state index is -1.25. The topological polar surface area (TPSA) is 162 Å². The zero-order valence-electron chi connectivity index (χ0n) is 12.8. The Balaban J connectivity index is 2.58. The van der Waals surface area contributed by atoms with Crippen molar-refractivity contribution in [2.24, 2.45) is 5.73 Å². The highest BCUT2D eigenvalue weighted by atomic mass is 16.4. The first kappa shape index (κ1) is 18.8. The van der Waals surface area contributed by atoms with Crippen molar-refractivity contribution in [3.05, 3.63) is 0 Å². The SMILES string of the molecule is C[C@H](N)C(=O)NCC(=O)N[C@@H](CO)C(=O)N1CCC[C@H]1C(=O)O. The summed E-state index contributed by atoms with van der Waals surface area (Å²) in [6, 6.07) is -2.99. The second kappa shape index (κ2) is 8.44. The number of likely N-dealkylation sites (tertiary alicyclic amines) is 1. The van der Waals surface area contributed by atoms with E-state index in [2.05, 4.69) is 10.6 Å². The molecule has 130 valence electrons. The predicted octanol–water partition coefficient (Wildman–Crippen LogP) is -3.00. The Hall–Kier alpha value is -2.20. The molecule has 1 fully saturated rings. The van der Waals surface area contributed by atoms with Crippen molar-refractivity contribution in [2.45, 2.75) is 37.9 Å². The molecule has 0 aromatic heterocycles. The molecule has 0 aliphatic carbocycles. The summed E-state index contributed by atoms with van der Waals surface area (Å²) in [5.41, 5.74) is 5.32. The number of nitrogens with one attached hydrogen (secondary N) is 2. The molecule has 0 radical (unpaired) electrons. The van der Waals surface area contributed by atoms with Crippen LogP contribution in [0.4, 0.5) is 0 Å². The molecule has 0 unspecified atom stereocenters. The predicted molar refractivity (Wildman–Crippen MR) is 78.0 cm³/mol. The van der Waals surface area contributed by atoms with E-state index in [-0.39, 0.29) is 6.54 Å². The van der Waals surface area contributed by atoms with Gasteiger partial charge in [0.15, 0.2) is 0 Å². The third kappa shape index (κ3) is 5.18. The average molecular weight is 330 g/mol. The summed E-state index contributed by atoms with van der Waals surface area (Å²) in [6.07, 6.45) is 0.872. The maximum Gasteiger partial charge on any atom is 0.326 e. The van der Waals surface area contributed by atoms with Crippen LogP contribution in [-0.2, 0) is 19.2 Å². The number of carbonyl (C=O) groups excluding carboxylic acids is 3. The highest BCUT2D eigenvalue weighted by Gasteiger charge is 2.37. The van der Waals surface area contributed by atoms with Crippen LogP contribution in [-0.4, -0.2) is 76.6 Å². The lowest BCUT2D eigenvalue weighted by molar-refractivity contribution is -0.149. The fourth-order valence-electron chi connectivity index (χ4n) is 2.25. The summed E-state index contributed by atoms with van der Waals surface area (Å²) in [6.45, 7) is 0.636. The van der Waals surface area contributed by atoms with E-state index in [0.29, 0.717) is 12.8 Å². The summed E-state index contributed by atoms with van der Waals surface area (Å²) in [7, 11) is 0. The first-order valence-corrected chi connectivity index (χ1v) is 7.24. The molecule has 10 nitrogen and oxygen atoms in total. The molecule has 0 aromatic rings. The van der Waals surface area contributed by atoms with Gasteiger partial charge in [0.2, 0.25) is 17.7 Å². The molecule has 1 rings (SSSR count). The Bertz CT molecular complexity index is 481. The van der Waals surface area contributed by atoms with Gasteiger partial charge in [-0.1, -0.05) is 0 Å². The number of aliphatic hydroxyl groups excluding tert-OH is 1. The van der Waals surface area contributed by atoms with Crippen LogP contribution >= 0.6 is 0 Å². The summed E-state index contributed by atoms with van der Waals surface area (Å²) in [5.74, 6) is -3.00. The molecular formula is C13H22N4O6. The maximum absolute atomic E-state index is 12.3. The molecule has 1 aliphatic rings. The molecule has 3 amide bonds. The molecule has 10 heteroatoms. The number of amides is 3. The van der Waals surface area contributed by atoms with E-state index in [0.717, 1.165) is 4.90 Å². The van der Waals surface area contributed by atoms with Crippen LogP contribution in [0.15, 0.2) is 0 Å². The van der Waals surface area contributed by atoms with E-state index >= 15 is 0 Å². The van der Waals surface area contributed by atoms with Gasteiger partial charge in [-0.2, -0.15) is 0 Å². The van der Waals surface area contributed by atoms with Gasteiger partial charge < -0.3 is 31.5 Å². The lowest BCUT2D eigenvalue weighted by Crippen LogP contribution is -2.55. The second-order valence-corrected chi connectivity index (χ2v) is 5.34. The van der Waals surface area contributed by atoms with E-state index in [1.165, 1.54) is 6.92 Å². The number of nitrogens with two attached hydrogens (primary N) is 1. The van der Waals surface area contributed by atoms with Crippen LogP contribution in [0.1, 0.15) is 19.8 Å². The lowest BCUT2D eigenvalue weighted by atomic mass is 10.2. The van der Waals surface area contributed by atoms with Gasteiger partial charge in [0.25, 0.3) is 0 Å². The quantitative estimate of drug-likeness (QED) is 0.332. The molecule has 1 aliphatic heterocycles. The van der Waals surface area contributed by atoms with E-state index < -0.39 is 55.0 Å². The first-order chi connectivity index (χ1) is 10.8. The number of rotatable bonds is 7. The molecule has 6 N–H and O–H groups in total. The Morgan fingerprint density at radius 1 is 1.35 bits per heavy atom. The van der Waals surface area contributed by atoms with Gasteiger partial charge in [0.05, 0.1) is 19.2 Å². The summed E-state index contributed by atoms with van der Waals surface area (Å²) < 4.78 is 0. The fourth-order valence-corrected chi connectivity index (χ4v) is 2.25. The Morgan fingerprint density at radius 3 is 2.52 bits per heavy atom. The van der Waals surface area contributed by atoms with Gasteiger partial charge >= 0.3 is 5.97 Å². The zero-order valence-corrected chi connectivity index (χ0v) is 12.8. The van der Waals surface area contributed by atoms with Crippen LogP contribution in [0.2, 0.25) is 0 Å². The summed E-state index contributed by atoms with van der Waals surface area (Å²) >= 11 is 0. The third-order valence-corrected chi connectivity index (χ3v) is 3.47. The number of hydrogen-bond acceptors (Lipinski definition) is 6. The minimum absolute atomic E-state index is 0.254. The van der Waals surface area contributed by atoms with Gasteiger partial charge in [0, 0.05) is 6.54 Å². The van der Waals surface area contributed by atoms with Crippen LogP contribution in [0.5, 0.6) is 0 Å². The molecule has 23 heavy (non-hydrogen) atoms. The van der Waals surface area contributed by atoms with Crippen molar-refractivity contribution in [3.63, 3.8) is 0 Å². The van der Waals surface area contributed by atoms with E-state index in [1.807, 2.05) is 0 Å². The van der Waals surface area contributed by atoms with Crippen LogP contribution in [0.25, 0.3) is 0 Å². The lowest BCUT2D eigenvalue weighted by Gasteiger charge is -2.26. The third-order valence-electron chi connectivity index (χ3n) is 3.47. The van der Waals surface area contributed by atoms with Crippen LogP contribution in [0, 0.1) is 0 Å². The molecule has 0 bridgehead atoms. The average Bonchev–Trinajstić information content (AvgIpc) is 2.99. The normalized spacial score (nSPS) is 19.8. The van der Waals surface area contributed by atoms with Crippen molar-refractivity contribution in [2.75, 3.05) is 19.7 Å². The number of carboxylic acid groups (broad SMARTS) is 1. The van der Waals surface area contributed by atoms with Gasteiger partial charge in [-0.15, -0.1) is 0 Å². The molecule has 1 saturated heterocycles. The standard InChI is InChI=1S/C13H22N4O6/c1-7(14)11(20)15-5-10(19)16-8(6-18)12(21)17-4-2-3-9(17)13(22)23/h7-9,18H,2-6,14H2,1H3,(H,15,20)(H,16,19)(H,22,23)/t7-,8-,9-/m0/s1. The number of hydrogen-bond donors (Lipinski definition) is 5. The fraction of sp³-hybridized carbons (Fsp3) is 0.692. The van der Waals surface area contributed by atoms with Crippen molar-refractivity contribution in [1.82, 2.24) is 15.5 Å². The smallest absolute Gasteiger partial charge is 0.326 e. The Morgan fingerprint density at radius 2 is 2.00 bits per heavy atom. The highest BCUT2D eigenvalue weighted by molar-refractivity contribution is 5.92. The molecule has 0 aromatic carbocycles. The van der Waals surface area contributed by atoms with Crippen molar-refractivity contribution >= 4 is 23.7 Å². The van der Waals surface area contributed by atoms with Crippen molar-refractivity contribution in [1.29, 1.82) is 0 Å². The van der Waals surface area contributed by atoms with Crippen LogP contribution in [0.3, 0.4) is 0 Å². The number of carboxylic acids is 1. The van der Waals surface area contributed by atoms with Gasteiger partial charge in [-0.3, -0.25) is 14.4 Å². The monoisotopic (exact) mass is 330 g/mol. The first-order valence-electron chi connectivity index (χ1n) is 7.24. The molecule has 1 heterocycles. The Kier molecular flexibility index (Phi) is 6.91. The van der Waals surface area contributed by atoms with E-state index in [9.17, 15) is 24.3 Å². The summed E-state index contributed by atoms with van der Waals surface area (Å²) in [5, 5.41) is 22.9. The van der Waals surface area contributed by atoms with E-state index in [1.54, 1.807) is 0 Å². The van der Waals surface area contributed by atoms with Crippen molar-refractivity contribution in [3.8, 4) is 0 Å². The van der Waals surface area contributed by atoms with E-state index in [4.69, 9.17) is 10.8 Å². The maximum atomic E-state index is 12.3. The van der Waals surface area contributed by atoms with Gasteiger partial charge in [0.1, 0.15) is 12.1 Å². The molecule has 3 atom stereocenters. The second-order valence-electron chi connectivity index (χ2n) is 5.34. The molecular weight excluding hydrogens is 308 g/mol. The largest absolute Gasteiger partial charge is 0.480 e. The van der Waals surface area contributed by atoms with Gasteiger partial charge in [-0.05, 0) is 19.8 Å². The van der Waals surface area contributed by atoms with Crippen LogP contribution < -0.4 is 16.4 Å². The number of nitrogens with zero attached hydrogens (tertiary/aromatic N) is 1. The zero-order chi connectivity index (χ0) is 17.6.